The van der Waals surface area contributed by atoms with E-state index >= 15 is 0 Å². The van der Waals surface area contributed by atoms with E-state index in [1.165, 1.54) is 23.5 Å². The fraction of sp³-hybridized carbons (Fsp3) is 0.286. The van der Waals surface area contributed by atoms with Crippen LogP contribution in [0.25, 0.3) is 10.1 Å². The minimum atomic E-state index is -0.925. The van der Waals surface area contributed by atoms with Crippen LogP contribution < -0.4 is 5.32 Å². The zero-order chi connectivity index (χ0) is 14.7. The van der Waals surface area contributed by atoms with Crippen LogP contribution in [0, 0.1) is 11.7 Å². The summed E-state index contributed by atoms with van der Waals surface area (Å²) in [7, 11) is 0. The van der Waals surface area contributed by atoms with Crippen LogP contribution in [0.4, 0.5) is 4.39 Å². The predicted molar refractivity (Wildman–Crippen MR) is 75.5 cm³/mol. The summed E-state index contributed by atoms with van der Waals surface area (Å²) in [5.74, 6) is -2.19. The van der Waals surface area contributed by atoms with Crippen molar-refractivity contribution in [1.82, 2.24) is 5.32 Å². The number of halogens is 1. The number of carboxylic acid groups (broad SMARTS) is 1. The van der Waals surface area contributed by atoms with Crippen molar-refractivity contribution >= 4 is 33.3 Å². The monoisotopic (exact) mass is 295 g/mol. The van der Waals surface area contributed by atoms with Crippen molar-refractivity contribution in [3.8, 4) is 0 Å². The summed E-state index contributed by atoms with van der Waals surface area (Å²) in [4.78, 5) is 23.3. The van der Waals surface area contributed by atoms with Crippen molar-refractivity contribution in [1.29, 1.82) is 0 Å². The molecule has 1 aromatic heterocycles. The maximum atomic E-state index is 13.1. The Morgan fingerprint density at radius 3 is 2.80 bits per heavy atom. The van der Waals surface area contributed by atoms with E-state index in [2.05, 4.69) is 5.32 Å². The number of nitrogens with one attached hydrogen (secondary N) is 1. The molecular weight excluding hydrogens is 281 g/mol. The molecule has 1 atom stereocenters. The number of hydrogen-bond acceptors (Lipinski definition) is 3. The van der Waals surface area contributed by atoms with Gasteiger partial charge in [-0.1, -0.05) is 13.0 Å². The Hall–Kier alpha value is -1.95. The lowest BCUT2D eigenvalue weighted by molar-refractivity contribution is -0.141. The molecule has 1 amide bonds. The Morgan fingerprint density at radius 2 is 2.15 bits per heavy atom. The summed E-state index contributed by atoms with van der Waals surface area (Å²) in [5.41, 5.74) is 0. The molecule has 0 saturated heterocycles. The van der Waals surface area contributed by atoms with E-state index in [0.29, 0.717) is 16.0 Å². The summed E-state index contributed by atoms with van der Waals surface area (Å²) >= 11 is 1.19. The highest BCUT2D eigenvalue weighted by Crippen LogP contribution is 2.26. The number of carbonyl (C=O) groups is 2. The van der Waals surface area contributed by atoms with Gasteiger partial charge in [0, 0.05) is 11.2 Å². The Bertz CT molecular complexity index is 653. The highest BCUT2D eigenvalue weighted by molar-refractivity contribution is 7.20. The molecule has 1 aromatic carbocycles. The molecule has 0 spiro atoms. The first-order valence-electron chi connectivity index (χ1n) is 6.21. The topological polar surface area (TPSA) is 66.4 Å². The number of fused-ring (bicyclic) bond motifs is 1. The predicted octanol–water partition coefficient (Wildman–Crippen LogP) is 2.88. The molecule has 0 aliphatic rings. The molecular formula is C14H14FNO3S. The molecule has 0 radical (unpaired) electrons. The molecule has 0 fully saturated rings. The van der Waals surface area contributed by atoms with Gasteiger partial charge in [0.15, 0.2) is 0 Å². The third-order valence-corrected chi connectivity index (χ3v) is 4.15. The van der Waals surface area contributed by atoms with Gasteiger partial charge in [-0.2, -0.15) is 0 Å². The van der Waals surface area contributed by atoms with Crippen LogP contribution in [-0.2, 0) is 4.79 Å². The van der Waals surface area contributed by atoms with Gasteiger partial charge in [0.05, 0.1) is 10.8 Å². The average molecular weight is 295 g/mol. The number of benzene rings is 1. The smallest absolute Gasteiger partial charge is 0.308 e. The Kier molecular flexibility index (Phi) is 4.34. The molecule has 0 aliphatic carbocycles. The summed E-state index contributed by atoms with van der Waals surface area (Å²) in [6.45, 7) is 1.85. The largest absolute Gasteiger partial charge is 0.481 e. The number of carboxylic acids is 1. The van der Waals surface area contributed by atoms with Gasteiger partial charge >= 0.3 is 5.97 Å². The summed E-state index contributed by atoms with van der Waals surface area (Å²) < 4.78 is 13.8. The van der Waals surface area contributed by atoms with E-state index in [9.17, 15) is 14.0 Å². The number of aliphatic carboxylic acids is 1. The average Bonchev–Trinajstić information content (AvgIpc) is 2.81. The van der Waals surface area contributed by atoms with Crippen molar-refractivity contribution in [2.45, 2.75) is 13.3 Å². The van der Waals surface area contributed by atoms with Crippen LogP contribution in [0.15, 0.2) is 24.3 Å². The summed E-state index contributed by atoms with van der Waals surface area (Å²) in [6, 6.07) is 6.01. The zero-order valence-electron chi connectivity index (χ0n) is 10.9. The molecule has 2 aromatic rings. The summed E-state index contributed by atoms with van der Waals surface area (Å²) in [5, 5.41) is 12.3. The van der Waals surface area contributed by atoms with Crippen LogP contribution in [-0.4, -0.2) is 23.5 Å². The molecule has 0 aliphatic heterocycles. The Labute approximate surface area is 119 Å². The number of rotatable bonds is 5. The summed E-state index contributed by atoms with van der Waals surface area (Å²) in [6.07, 6.45) is 0.452. The van der Waals surface area contributed by atoms with Crippen molar-refractivity contribution in [2.75, 3.05) is 6.54 Å². The van der Waals surface area contributed by atoms with Crippen LogP contribution in [0.5, 0.6) is 0 Å². The highest BCUT2D eigenvalue weighted by Gasteiger charge is 2.17. The van der Waals surface area contributed by atoms with Crippen molar-refractivity contribution in [3.63, 3.8) is 0 Å². The van der Waals surface area contributed by atoms with Gasteiger partial charge in [-0.05, 0) is 30.0 Å². The van der Waals surface area contributed by atoms with Crippen LogP contribution >= 0.6 is 11.3 Å². The quantitative estimate of drug-likeness (QED) is 0.891. The molecule has 4 nitrogen and oxygen atoms in total. The van der Waals surface area contributed by atoms with Crippen LogP contribution in [0.1, 0.15) is 23.0 Å². The second kappa shape index (κ2) is 6.00. The maximum absolute atomic E-state index is 13.1. The van der Waals surface area contributed by atoms with E-state index in [1.807, 2.05) is 0 Å². The molecule has 0 bridgehead atoms. The fourth-order valence-corrected chi connectivity index (χ4v) is 2.83. The van der Waals surface area contributed by atoms with Gasteiger partial charge in [0.2, 0.25) is 0 Å². The molecule has 20 heavy (non-hydrogen) atoms. The fourth-order valence-electron chi connectivity index (χ4n) is 1.83. The number of thiophene rings is 1. The molecule has 2 N–H and O–H groups in total. The molecule has 2 rings (SSSR count). The Balaban J connectivity index is 2.09. The van der Waals surface area contributed by atoms with E-state index in [0.717, 1.165) is 5.39 Å². The molecule has 1 unspecified atom stereocenters. The third-order valence-electron chi connectivity index (χ3n) is 3.06. The van der Waals surface area contributed by atoms with E-state index in [4.69, 9.17) is 5.11 Å². The van der Waals surface area contributed by atoms with Gasteiger partial charge < -0.3 is 10.4 Å². The van der Waals surface area contributed by atoms with Crippen molar-refractivity contribution in [3.05, 3.63) is 35.0 Å². The van der Waals surface area contributed by atoms with E-state index in [-0.39, 0.29) is 18.3 Å². The van der Waals surface area contributed by atoms with Gasteiger partial charge in [-0.15, -0.1) is 11.3 Å². The third kappa shape index (κ3) is 3.14. The second-order valence-corrected chi connectivity index (χ2v) is 5.53. The molecule has 6 heteroatoms. The first-order valence-corrected chi connectivity index (χ1v) is 7.03. The maximum Gasteiger partial charge on any atom is 0.308 e. The van der Waals surface area contributed by atoms with Crippen molar-refractivity contribution < 1.29 is 19.1 Å². The standard InChI is InChI=1S/C14H14FNO3S/c1-2-8(14(18)19)7-16-13(17)12-5-9-3-4-10(15)6-11(9)20-12/h3-6,8H,2,7H2,1H3,(H,16,17)(H,18,19). The zero-order valence-corrected chi connectivity index (χ0v) is 11.7. The lowest BCUT2D eigenvalue weighted by Gasteiger charge is -2.10. The lowest BCUT2D eigenvalue weighted by atomic mass is 10.1. The number of amides is 1. The van der Waals surface area contributed by atoms with Gasteiger partial charge in [0.1, 0.15) is 5.82 Å². The molecule has 0 saturated carbocycles. The van der Waals surface area contributed by atoms with Gasteiger partial charge in [0.25, 0.3) is 5.91 Å². The minimum Gasteiger partial charge on any atom is -0.481 e. The molecule has 106 valence electrons. The lowest BCUT2D eigenvalue weighted by Crippen LogP contribution is -2.32. The molecule has 1 heterocycles. The van der Waals surface area contributed by atoms with Gasteiger partial charge in [-0.25, -0.2) is 4.39 Å². The van der Waals surface area contributed by atoms with E-state index in [1.54, 1.807) is 19.1 Å². The first kappa shape index (κ1) is 14.5. The van der Waals surface area contributed by atoms with E-state index < -0.39 is 11.9 Å². The van der Waals surface area contributed by atoms with Crippen LogP contribution in [0.2, 0.25) is 0 Å². The van der Waals surface area contributed by atoms with Gasteiger partial charge in [-0.3, -0.25) is 9.59 Å². The number of carbonyl (C=O) groups excluding carboxylic acids is 1. The van der Waals surface area contributed by atoms with Crippen molar-refractivity contribution in [2.24, 2.45) is 5.92 Å². The highest BCUT2D eigenvalue weighted by atomic mass is 32.1. The minimum absolute atomic E-state index is 0.0905. The SMILES string of the molecule is CCC(CNC(=O)c1cc2ccc(F)cc2s1)C(=O)O. The second-order valence-electron chi connectivity index (χ2n) is 4.45. The first-order chi connectivity index (χ1) is 9.51. The number of hydrogen-bond donors (Lipinski definition) is 2. The Morgan fingerprint density at radius 1 is 1.40 bits per heavy atom. The normalized spacial score (nSPS) is 12.3. The van der Waals surface area contributed by atoms with Crippen LogP contribution in [0.3, 0.4) is 0 Å².